The number of amides is 1. The van der Waals surface area contributed by atoms with Crippen LogP contribution in [0.2, 0.25) is 0 Å². The molecule has 2 aromatic rings. The van der Waals surface area contributed by atoms with E-state index in [9.17, 15) is 4.79 Å². The van der Waals surface area contributed by atoms with Gasteiger partial charge in [-0.25, -0.2) is 0 Å². The fourth-order valence-electron chi connectivity index (χ4n) is 1.96. The van der Waals surface area contributed by atoms with Crippen molar-refractivity contribution in [3.8, 4) is 17.2 Å². The number of para-hydroxylation sites is 3. The lowest BCUT2D eigenvalue weighted by atomic mass is 10.3. The first-order valence-corrected chi connectivity index (χ1v) is 7.46. The fourth-order valence-corrected chi connectivity index (χ4v) is 1.96. The Morgan fingerprint density at radius 3 is 2.39 bits per heavy atom. The third-order valence-electron chi connectivity index (χ3n) is 3.16. The van der Waals surface area contributed by atoms with Crippen LogP contribution in [0, 0.1) is 0 Å². The Bertz CT molecular complexity index is 615. The lowest BCUT2D eigenvalue weighted by Crippen LogP contribution is -2.38. The lowest BCUT2D eigenvalue weighted by Gasteiger charge is -2.16. The maximum Gasteiger partial charge on any atom is 0.260 e. The average molecular weight is 315 g/mol. The van der Waals surface area contributed by atoms with Crippen LogP contribution in [-0.4, -0.2) is 32.3 Å². The Morgan fingerprint density at radius 1 is 1.04 bits per heavy atom. The van der Waals surface area contributed by atoms with Crippen LogP contribution in [0.15, 0.2) is 54.6 Å². The second-order valence-corrected chi connectivity index (χ2v) is 4.86. The van der Waals surface area contributed by atoms with Crippen molar-refractivity contribution < 1.29 is 19.0 Å². The third kappa shape index (κ3) is 5.21. The van der Waals surface area contributed by atoms with Gasteiger partial charge in [-0.15, -0.1) is 0 Å². The van der Waals surface area contributed by atoms with Gasteiger partial charge in [0.25, 0.3) is 5.91 Å². The minimum Gasteiger partial charge on any atom is -0.493 e. The molecule has 0 saturated carbocycles. The van der Waals surface area contributed by atoms with Gasteiger partial charge in [-0.3, -0.25) is 4.79 Å². The highest BCUT2D eigenvalue weighted by atomic mass is 16.5. The summed E-state index contributed by atoms with van der Waals surface area (Å²) in [6, 6.07) is 16.7. The molecule has 0 bridgehead atoms. The number of ether oxygens (including phenoxy) is 3. The molecular formula is C18H21NO4. The van der Waals surface area contributed by atoms with Gasteiger partial charge in [0.2, 0.25) is 0 Å². The van der Waals surface area contributed by atoms with Crippen LogP contribution in [0.4, 0.5) is 0 Å². The fraction of sp³-hybridized carbons (Fsp3) is 0.278. The molecule has 0 aromatic heterocycles. The monoisotopic (exact) mass is 315 g/mol. The largest absolute Gasteiger partial charge is 0.493 e. The van der Waals surface area contributed by atoms with Gasteiger partial charge in [-0.1, -0.05) is 30.3 Å². The summed E-state index contributed by atoms with van der Waals surface area (Å²) in [4.78, 5) is 12.0. The minimum atomic E-state index is -0.622. The molecule has 122 valence electrons. The second kappa shape index (κ2) is 8.68. The smallest absolute Gasteiger partial charge is 0.260 e. The summed E-state index contributed by atoms with van der Waals surface area (Å²) in [5, 5.41) is 2.78. The molecule has 0 saturated heterocycles. The maximum atomic E-state index is 12.0. The van der Waals surface area contributed by atoms with Crippen LogP contribution in [0.25, 0.3) is 0 Å². The van der Waals surface area contributed by atoms with E-state index in [1.165, 1.54) is 0 Å². The SMILES string of the molecule is COc1ccccc1O[C@@H](C)C(=O)NCCOc1ccccc1. The minimum absolute atomic E-state index is 0.201. The number of hydrogen-bond acceptors (Lipinski definition) is 4. The first kappa shape index (κ1) is 16.7. The van der Waals surface area contributed by atoms with Crippen LogP contribution in [0.1, 0.15) is 6.92 Å². The van der Waals surface area contributed by atoms with Crippen molar-refractivity contribution in [3.05, 3.63) is 54.6 Å². The van der Waals surface area contributed by atoms with Gasteiger partial charge >= 0.3 is 0 Å². The van der Waals surface area contributed by atoms with E-state index >= 15 is 0 Å². The van der Waals surface area contributed by atoms with Crippen molar-refractivity contribution in [1.29, 1.82) is 0 Å². The summed E-state index contributed by atoms with van der Waals surface area (Å²) in [6.45, 7) is 2.50. The average Bonchev–Trinajstić information content (AvgIpc) is 2.60. The zero-order valence-corrected chi connectivity index (χ0v) is 13.3. The Hall–Kier alpha value is -2.69. The summed E-state index contributed by atoms with van der Waals surface area (Å²) in [6.07, 6.45) is -0.622. The lowest BCUT2D eigenvalue weighted by molar-refractivity contribution is -0.127. The number of nitrogens with one attached hydrogen (secondary N) is 1. The Kier molecular flexibility index (Phi) is 6.29. The molecule has 23 heavy (non-hydrogen) atoms. The molecule has 5 heteroatoms. The Morgan fingerprint density at radius 2 is 1.70 bits per heavy atom. The zero-order chi connectivity index (χ0) is 16.5. The van der Waals surface area contributed by atoms with Crippen molar-refractivity contribution >= 4 is 5.91 Å². The van der Waals surface area contributed by atoms with Crippen LogP contribution in [0.5, 0.6) is 17.2 Å². The summed E-state index contributed by atoms with van der Waals surface area (Å²) in [7, 11) is 1.56. The number of methoxy groups -OCH3 is 1. The Labute approximate surface area is 136 Å². The molecule has 0 unspecified atom stereocenters. The van der Waals surface area contributed by atoms with Crippen LogP contribution >= 0.6 is 0 Å². The Balaban J connectivity index is 1.74. The van der Waals surface area contributed by atoms with E-state index in [-0.39, 0.29) is 5.91 Å². The molecule has 0 fully saturated rings. The van der Waals surface area contributed by atoms with Gasteiger partial charge in [0.1, 0.15) is 12.4 Å². The number of rotatable bonds is 8. The summed E-state index contributed by atoms with van der Waals surface area (Å²) < 4.78 is 16.3. The molecule has 1 N–H and O–H groups in total. The summed E-state index contributed by atoms with van der Waals surface area (Å²) in [5.74, 6) is 1.71. The van der Waals surface area contributed by atoms with E-state index in [0.717, 1.165) is 5.75 Å². The molecule has 0 heterocycles. The molecule has 2 rings (SSSR count). The molecule has 0 aliphatic heterocycles. The number of benzene rings is 2. The van der Waals surface area contributed by atoms with Gasteiger partial charge in [0.05, 0.1) is 13.7 Å². The van der Waals surface area contributed by atoms with Crippen LogP contribution in [0.3, 0.4) is 0 Å². The van der Waals surface area contributed by atoms with Crippen molar-refractivity contribution in [2.75, 3.05) is 20.3 Å². The number of hydrogen-bond donors (Lipinski definition) is 1. The van der Waals surface area contributed by atoms with E-state index in [0.29, 0.717) is 24.7 Å². The van der Waals surface area contributed by atoms with Gasteiger partial charge in [0, 0.05) is 0 Å². The van der Waals surface area contributed by atoms with E-state index in [1.807, 2.05) is 42.5 Å². The predicted octanol–water partition coefficient (Wildman–Crippen LogP) is 2.66. The van der Waals surface area contributed by atoms with Crippen LogP contribution < -0.4 is 19.5 Å². The molecule has 0 aliphatic rings. The molecule has 5 nitrogen and oxygen atoms in total. The molecule has 1 atom stereocenters. The van der Waals surface area contributed by atoms with Gasteiger partial charge in [-0.05, 0) is 31.2 Å². The second-order valence-electron chi connectivity index (χ2n) is 4.86. The molecule has 0 aliphatic carbocycles. The highest BCUT2D eigenvalue weighted by Crippen LogP contribution is 2.26. The van der Waals surface area contributed by atoms with Crippen molar-refractivity contribution in [2.24, 2.45) is 0 Å². The molecule has 0 spiro atoms. The maximum absolute atomic E-state index is 12.0. The van der Waals surface area contributed by atoms with E-state index < -0.39 is 6.10 Å². The first-order chi connectivity index (χ1) is 11.2. The first-order valence-electron chi connectivity index (χ1n) is 7.46. The standard InChI is InChI=1S/C18H21NO4/c1-14(23-17-11-7-6-10-16(17)21-2)18(20)19-12-13-22-15-8-4-3-5-9-15/h3-11,14H,12-13H2,1-2H3,(H,19,20)/t14-/m0/s1. The van der Waals surface area contributed by atoms with Gasteiger partial charge in [0.15, 0.2) is 17.6 Å². The van der Waals surface area contributed by atoms with E-state index in [4.69, 9.17) is 14.2 Å². The molecule has 1 amide bonds. The molecule has 2 aromatic carbocycles. The summed E-state index contributed by atoms with van der Waals surface area (Å²) in [5.41, 5.74) is 0. The number of carbonyl (C=O) groups is 1. The van der Waals surface area contributed by atoms with Crippen molar-refractivity contribution in [2.45, 2.75) is 13.0 Å². The van der Waals surface area contributed by atoms with Crippen molar-refractivity contribution in [1.82, 2.24) is 5.32 Å². The third-order valence-corrected chi connectivity index (χ3v) is 3.16. The van der Waals surface area contributed by atoms with Gasteiger partial charge < -0.3 is 19.5 Å². The zero-order valence-electron chi connectivity index (χ0n) is 13.3. The highest BCUT2D eigenvalue weighted by Gasteiger charge is 2.16. The number of carbonyl (C=O) groups excluding carboxylic acids is 1. The van der Waals surface area contributed by atoms with E-state index in [1.54, 1.807) is 26.2 Å². The van der Waals surface area contributed by atoms with Gasteiger partial charge in [-0.2, -0.15) is 0 Å². The normalized spacial score (nSPS) is 11.4. The topological polar surface area (TPSA) is 56.8 Å². The van der Waals surface area contributed by atoms with E-state index in [2.05, 4.69) is 5.32 Å². The van der Waals surface area contributed by atoms with Crippen LogP contribution in [-0.2, 0) is 4.79 Å². The summed E-state index contributed by atoms with van der Waals surface area (Å²) >= 11 is 0. The molecule has 0 radical (unpaired) electrons. The predicted molar refractivity (Wildman–Crippen MR) is 88.0 cm³/mol. The highest BCUT2D eigenvalue weighted by molar-refractivity contribution is 5.80. The van der Waals surface area contributed by atoms with Crippen molar-refractivity contribution in [3.63, 3.8) is 0 Å². The molecular weight excluding hydrogens is 294 g/mol. The quantitative estimate of drug-likeness (QED) is 0.761.